The van der Waals surface area contributed by atoms with Crippen LogP contribution in [0.4, 0.5) is 0 Å². The third kappa shape index (κ3) is 5.59. The lowest BCUT2D eigenvalue weighted by molar-refractivity contribution is -0.0175. The highest BCUT2D eigenvalue weighted by molar-refractivity contribution is 5.80. The fourth-order valence-corrected chi connectivity index (χ4v) is 3.96. The molecule has 2 aliphatic rings. The van der Waals surface area contributed by atoms with Gasteiger partial charge in [-0.05, 0) is 26.0 Å². The van der Waals surface area contributed by atoms with Gasteiger partial charge in [0.25, 0.3) is 0 Å². The highest BCUT2D eigenvalue weighted by Crippen LogP contribution is 2.18. The quantitative estimate of drug-likeness (QED) is 0.633. The molecular formula is C21H34N4O2. The van der Waals surface area contributed by atoms with Gasteiger partial charge in [0.15, 0.2) is 5.96 Å². The number of para-hydroxylation sites is 1. The number of piperidine rings is 1. The lowest BCUT2D eigenvalue weighted by Gasteiger charge is -2.39. The first-order valence-electron chi connectivity index (χ1n) is 10.2. The second-order valence-electron chi connectivity index (χ2n) is 7.56. The number of aliphatic imine (C=N–C) groups is 1. The summed E-state index contributed by atoms with van der Waals surface area (Å²) < 4.78 is 11.7. The molecule has 1 aromatic carbocycles. The molecule has 2 saturated heterocycles. The zero-order valence-electron chi connectivity index (χ0n) is 16.9. The molecule has 0 bridgehead atoms. The SMILES string of the molecule is CN=C(NCC(C)N1CCOCC1C)N1CCC(Oc2ccccc2)CC1. The molecule has 2 fully saturated rings. The maximum atomic E-state index is 6.10. The van der Waals surface area contributed by atoms with Crippen LogP contribution in [0.1, 0.15) is 26.7 Å². The summed E-state index contributed by atoms with van der Waals surface area (Å²) >= 11 is 0. The van der Waals surface area contributed by atoms with Crippen molar-refractivity contribution >= 4 is 5.96 Å². The van der Waals surface area contributed by atoms with Crippen molar-refractivity contribution in [1.82, 2.24) is 15.1 Å². The molecule has 1 N–H and O–H groups in total. The molecular weight excluding hydrogens is 340 g/mol. The van der Waals surface area contributed by atoms with E-state index in [-0.39, 0.29) is 6.10 Å². The predicted octanol–water partition coefficient (Wildman–Crippen LogP) is 2.21. The number of nitrogens with zero attached hydrogens (tertiary/aromatic N) is 3. The average Bonchev–Trinajstić information content (AvgIpc) is 2.70. The summed E-state index contributed by atoms with van der Waals surface area (Å²) in [7, 11) is 1.87. The molecule has 0 aromatic heterocycles. The fourth-order valence-electron chi connectivity index (χ4n) is 3.96. The van der Waals surface area contributed by atoms with E-state index < -0.39 is 0 Å². The van der Waals surface area contributed by atoms with Crippen LogP contribution in [-0.4, -0.2) is 80.4 Å². The molecule has 0 spiro atoms. The van der Waals surface area contributed by atoms with Gasteiger partial charge < -0.3 is 19.7 Å². The van der Waals surface area contributed by atoms with Crippen LogP contribution >= 0.6 is 0 Å². The minimum Gasteiger partial charge on any atom is -0.490 e. The molecule has 0 amide bonds. The van der Waals surface area contributed by atoms with Crippen LogP contribution < -0.4 is 10.1 Å². The van der Waals surface area contributed by atoms with E-state index in [9.17, 15) is 0 Å². The Bertz CT molecular complexity index is 587. The standard InChI is InChI=1S/C21H34N4O2/c1-17(25-13-14-26-16-18(25)2)15-23-21(22-3)24-11-9-20(10-12-24)27-19-7-5-4-6-8-19/h4-8,17-18,20H,9-16H2,1-3H3,(H,22,23). The van der Waals surface area contributed by atoms with Crippen molar-refractivity contribution in [2.75, 3.05) is 46.4 Å². The van der Waals surface area contributed by atoms with Crippen molar-refractivity contribution in [3.05, 3.63) is 30.3 Å². The van der Waals surface area contributed by atoms with Crippen LogP contribution in [0.5, 0.6) is 5.75 Å². The van der Waals surface area contributed by atoms with Gasteiger partial charge >= 0.3 is 0 Å². The second kappa shape index (κ2) is 9.95. The third-order valence-electron chi connectivity index (χ3n) is 5.54. The molecule has 2 unspecified atom stereocenters. The number of ether oxygens (including phenoxy) is 2. The smallest absolute Gasteiger partial charge is 0.193 e. The van der Waals surface area contributed by atoms with Gasteiger partial charge in [0, 0.05) is 58.2 Å². The van der Waals surface area contributed by atoms with E-state index in [1.54, 1.807) is 0 Å². The van der Waals surface area contributed by atoms with Crippen molar-refractivity contribution in [1.29, 1.82) is 0 Å². The first-order valence-corrected chi connectivity index (χ1v) is 10.2. The Balaban J connectivity index is 1.43. The predicted molar refractivity (Wildman–Crippen MR) is 109 cm³/mol. The maximum absolute atomic E-state index is 6.10. The molecule has 0 radical (unpaired) electrons. The Morgan fingerprint density at radius 2 is 2.00 bits per heavy atom. The highest BCUT2D eigenvalue weighted by Gasteiger charge is 2.26. The van der Waals surface area contributed by atoms with Crippen LogP contribution in [-0.2, 0) is 4.74 Å². The molecule has 6 heteroatoms. The van der Waals surface area contributed by atoms with Crippen LogP contribution in [0.3, 0.4) is 0 Å². The molecule has 2 atom stereocenters. The van der Waals surface area contributed by atoms with Gasteiger partial charge in [-0.25, -0.2) is 0 Å². The molecule has 3 rings (SSSR count). The second-order valence-corrected chi connectivity index (χ2v) is 7.56. The van der Waals surface area contributed by atoms with Crippen LogP contribution in [0.15, 0.2) is 35.3 Å². The lowest BCUT2D eigenvalue weighted by atomic mass is 10.1. The Morgan fingerprint density at radius 3 is 2.67 bits per heavy atom. The van der Waals surface area contributed by atoms with E-state index in [4.69, 9.17) is 9.47 Å². The largest absolute Gasteiger partial charge is 0.490 e. The Hall–Kier alpha value is -1.79. The van der Waals surface area contributed by atoms with Crippen molar-refractivity contribution in [3.63, 3.8) is 0 Å². The van der Waals surface area contributed by atoms with Gasteiger partial charge in [-0.2, -0.15) is 0 Å². The van der Waals surface area contributed by atoms with Crippen molar-refractivity contribution in [2.45, 2.75) is 44.9 Å². The van der Waals surface area contributed by atoms with Gasteiger partial charge in [-0.1, -0.05) is 18.2 Å². The molecule has 27 heavy (non-hydrogen) atoms. The van der Waals surface area contributed by atoms with Gasteiger partial charge in [0.05, 0.1) is 13.2 Å². The van der Waals surface area contributed by atoms with Crippen LogP contribution in [0, 0.1) is 0 Å². The Morgan fingerprint density at radius 1 is 1.26 bits per heavy atom. The van der Waals surface area contributed by atoms with Crippen molar-refractivity contribution in [2.24, 2.45) is 4.99 Å². The monoisotopic (exact) mass is 374 g/mol. The Kier molecular flexibility index (Phi) is 7.35. The van der Waals surface area contributed by atoms with Gasteiger partial charge in [-0.15, -0.1) is 0 Å². The van der Waals surface area contributed by atoms with Gasteiger partial charge in [-0.3, -0.25) is 9.89 Å². The average molecular weight is 375 g/mol. The van der Waals surface area contributed by atoms with E-state index in [1.165, 1.54) is 0 Å². The topological polar surface area (TPSA) is 49.3 Å². The summed E-state index contributed by atoms with van der Waals surface area (Å²) in [4.78, 5) is 9.37. The molecule has 1 aromatic rings. The number of rotatable bonds is 5. The zero-order valence-corrected chi connectivity index (χ0v) is 16.9. The summed E-state index contributed by atoms with van der Waals surface area (Å²) in [6, 6.07) is 11.0. The van der Waals surface area contributed by atoms with E-state index in [0.717, 1.165) is 63.9 Å². The number of hydrogen-bond donors (Lipinski definition) is 1. The number of benzene rings is 1. The minimum absolute atomic E-state index is 0.287. The summed E-state index contributed by atoms with van der Waals surface area (Å²) in [6.45, 7) is 10.0. The zero-order chi connectivity index (χ0) is 19.1. The lowest BCUT2D eigenvalue weighted by Crippen LogP contribution is -2.54. The molecule has 2 aliphatic heterocycles. The van der Waals surface area contributed by atoms with E-state index in [2.05, 4.69) is 34.0 Å². The first kappa shape index (κ1) is 20.0. The molecule has 0 saturated carbocycles. The highest BCUT2D eigenvalue weighted by atomic mass is 16.5. The van der Waals surface area contributed by atoms with Crippen molar-refractivity contribution in [3.8, 4) is 5.75 Å². The van der Waals surface area contributed by atoms with Crippen molar-refractivity contribution < 1.29 is 9.47 Å². The maximum Gasteiger partial charge on any atom is 0.193 e. The number of guanidine groups is 1. The summed E-state index contributed by atoms with van der Waals surface area (Å²) in [5, 5.41) is 3.57. The van der Waals surface area contributed by atoms with E-state index >= 15 is 0 Å². The minimum atomic E-state index is 0.287. The normalized spacial score (nSPS) is 23.9. The van der Waals surface area contributed by atoms with E-state index in [1.807, 2.05) is 37.4 Å². The molecule has 6 nitrogen and oxygen atoms in total. The van der Waals surface area contributed by atoms with Gasteiger partial charge in [0.2, 0.25) is 0 Å². The summed E-state index contributed by atoms with van der Waals surface area (Å²) in [5.41, 5.74) is 0. The van der Waals surface area contributed by atoms with Crippen LogP contribution in [0.2, 0.25) is 0 Å². The number of hydrogen-bond acceptors (Lipinski definition) is 4. The number of morpholine rings is 1. The van der Waals surface area contributed by atoms with Crippen LogP contribution in [0.25, 0.3) is 0 Å². The number of likely N-dealkylation sites (tertiary alicyclic amines) is 1. The third-order valence-corrected chi connectivity index (χ3v) is 5.54. The fraction of sp³-hybridized carbons (Fsp3) is 0.667. The molecule has 0 aliphatic carbocycles. The first-order chi connectivity index (χ1) is 13.2. The number of nitrogens with one attached hydrogen (secondary N) is 1. The molecule has 150 valence electrons. The summed E-state index contributed by atoms with van der Waals surface area (Å²) in [5.74, 6) is 1.97. The molecule has 2 heterocycles. The van der Waals surface area contributed by atoms with Gasteiger partial charge in [0.1, 0.15) is 11.9 Å². The summed E-state index contributed by atoms with van der Waals surface area (Å²) in [6.07, 6.45) is 2.33. The Labute approximate surface area is 163 Å². The van der Waals surface area contributed by atoms with E-state index in [0.29, 0.717) is 12.1 Å².